The average molecular weight is 265 g/mol. The molecule has 0 aliphatic heterocycles. The third-order valence-electron chi connectivity index (χ3n) is 3.58. The number of aliphatic carboxylic acids is 1. The zero-order chi connectivity index (χ0) is 13.8. The van der Waals surface area contributed by atoms with Crippen molar-refractivity contribution in [3.05, 3.63) is 18.0 Å². The predicted octanol–water partition coefficient (Wildman–Crippen LogP) is 0.722. The third-order valence-corrected chi connectivity index (χ3v) is 3.58. The number of nitrogens with zero attached hydrogens (tertiary/aromatic N) is 2. The molecule has 104 valence electrons. The lowest BCUT2D eigenvalue weighted by atomic mass is 10.0. The van der Waals surface area contributed by atoms with E-state index in [1.807, 2.05) is 13.2 Å². The van der Waals surface area contributed by atoms with Crippen LogP contribution in [0.15, 0.2) is 12.4 Å². The number of aromatic nitrogens is 2. The first kappa shape index (κ1) is 13.6. The Balaban J connectivity index is 1.79. The molecular formula is C13H19N3O3. The van der Waals surface area contributed by atoms with E-state index in [1.54, 1.807) is 10.9 Å². The summed E-state index contributed by atoms with van der Waals surface area (Å²) in [4.78, 5) is 22.8. The van der Waals surface area contributed by atoms with Crippen molar-refractivity contribution in [1.82, 2.24) is 15.1 Å². The molecule has 0 aromatic carbocycles. The molecule has 1 heterocycles. The number of carboxylic acid groups (broad SMARTS) is 1. The van der Waals surface area contributed by atoms with Crippen LogP contribution in [0, 0.1) is 5.92 Å². The number of aryl methyl sites for hydroxylation is 2. The summed E-state index contributed by atoms with van der Waals surface area (Å²) in [6.45, 7) is 0. The predicted molar refractivity (Wildman–Crippen MR) is 68.4 cm³/mol. The maximum atomic E-state index is 11.8. The highest BCUT2D eigenvalue weighted by Gasteiger charge is 2.33. The van der Waals surface area contributed by atoms with Crippen LogP contribution in [0.1, 0.15) is 31.2 Å². The molecule has 1 aliphatic carbocycles. The van der Waals surface area contributed by atoms with Gasteiger partial charge >= 0.3 is 5.97 Å². The molecule has 0 unspecified atom stereocenters. The Bertz CT molecular complexity index is 469. The molecule has 0 spiro atoms. The Labute approximate surface area is 111 Å². The zero-order valence-electron chi connectivity index (χ0n) is 11.0. The second kappa shape index (κ2) is 5.86. The fourth-order valence-electron chi connectivity index (χ4n) is 2.57. The van der Waals surface area contributed by atoms with Crippen LogP contribution in [0.5, 0.6) is 0 Å². The van der Waals surface area contributed by atoms with Crippen LogP contribution < -0.4 is 5.32 Å². The Morgan fingerprint density at radius 3 is 2.95 bits per heavy atom. The lowest BCUT2D eigenvalue weighted by molar-refractivity contribution is -0.142. The summed E-state index contributed by atoms with van der Waals surface area (Å²) in [6.07, 6.45) is 6.90. The lowest BCUT2D eigenvalue weighted by Gasteiger charge is -2.17. The maximum absolute atomic E-state index is 11.8. The highest BCUT2D eigenvalue weighted by Crippen LogP contribution is 2.25. The van der Waals surface area contributed by atoms with Crippen molar-refractivity contribution >= 4 is 11.9 Å². The van der Waals surface area contributed by atoms with E-state index in [2.05, 4.69) is 10.4 Å². The minimum Gasteiger partial charge on any atom is -0.481 e. The number of carboxylic acids is 1. The number of nitrogens with one attached hydrogen (secondary N) is 1. The van der Waals surface area contributed by atoms with E-state index in [0.717, 1.165) is 18.4 Å². The number of carbonyl (C=O) groups excluding carboxylic acids is 1. The Morgan fingerprint density at radius 2 is 2.32 bits per heavy atom. The van der Waals surface area contributed by atoms with Crippen LogP contribution in [0.4, 0.5) is 0 Å². The molecule has 0 radical (unpaired) electrons. The van der Waals surface area contributed by atoms with E-state index in [1.165, 1.54) is 0 Å². The molecule has 1 aromatic rings. The van der Waals surface area contributed by atoms with Gasteiger partial charge in [-0.25, -0.2) is 0 Å². The van der Waals surface area contributed by atoms with Crippen molar-refractivity contribution in [2.45, 2.75) is 38.1 Å². The van der Waals surface area contributed by atoms with E-state index in [9.17, 15) is 9.59 Å². The van der Waals surface area contributed by atoms with Gasteiger partial charge in [-0.1, -0.05) is 6.42 Å². The first-order chi connectivity index (χ1) is 9.06. The number of carbonyl (C=O) groups is 2. The van der Waals surface area contributed by atoms with Crippen molar-refractivity contribution in [3.8, 4) is 0 Å². The summed E-state index contributed by atoms with van der Waals surface area (Å²) in [6, 6.07) is -0.209. The van der Waals surface area contributed by atoms with Crippen LogP contribution >= 0.6 is 0 Å². The average Bonchev–Trinajstić information content (AvgIpc) is 2.95. The summed E-state index contributed by atoms with van der Waals surface area (Å²) in [7, 11) is 1.83. The Morgan fingerprint density at radius 1 is 1.53 bits per heavy atom. The topological polar surface area (TPSA) is 84.2 Å². The summed E-state index contributed by atoms with van der Waals surface area (Å²) in [5.41, 5.74) is 1.01. The van der Waals surface area contributed by atoms with Gasteiger partial charge in [0.25, 0.3) is 0 Å². The SMILES string of the molecule is Cn1cc(CCC(=O)N[C@@H]2CCC[C@@H]2C(=O)O)cn1. The molecule has 0 saturated heterocycles. The fourth-order valence-corrected chi connectivity index (χ4v) is 2.57. The summed E-state index contributed by atoms with van der Waals surface area (Å²) < 4.78 is 1.70. The van der Waals surface area contributed by atoms with E-state index in [4.69, 9.17) is 5.11 Å². The van der Waals surface area contributed by atoms with Gasteiger partial charge in [0.15, 0.2) is 0 Å². The molecule has 1 aromatic heterocycles. The standard InChI is InChI=1S/C13H19N3O3/c1-16-8-9(7-14-16)5-6-12(17)15-11-4-2-3-10(11)13(18)19/h7-8,10-11H,2-6H2,1H3,(H,15,17)(H,18,19)/t10-,11+/m0/s1. The molecule has 0 bridgehead atoms. The largest absolute Gasteiger partial charge is 0.481 e. The molecule has 1 aliphatic rings. The molecule has 2 N–H and O–H groups in total. The third kappa shape index (κ3) is 3.56. The van der Waals surface area contributed by atoms with Crippen LogP contribution in [0.3, 0.4) is 0 Å². The number of rotatable bonds is 5. The zero-order valence-corrected chi connectivity index (χ0v) is 11.0. The normalized spacial score (nSPS) is 22.4. The quantitative estimate of drug-likeness (QED) is 0.821. The molecule has 6 nitrogen and oxygen atoms in total. The molecule has 2 atom stereocenters. The van der Waals surface area contributed by atoms with Gasteiger partial charge in [-0.05, 0) is 24.8 Å². The Kier molecular flexibility index (Phi) is 4.19. The van der Waals surface area contributed by atoms with Crippen LogP contribution in [0.25, 0.3) is 0 Å². The molecule has 2 rings (SSSR count). The highest BCUT2D eigenvalue weighted by atomic mass is 16.4. The van der Waals surface area contributed by atoms with Crippen LogP contribution in [0.2, 0.25) is 0 Å². The number of amides is 1. The van der Waals surface area contributed by atoms with Crippen molar-refractivity contribution in [2.24, 2.45) is 13.0 Å². The second-order valence-corrected chi connectivity index (χ2v) is 5.07. The van der Waals surface area contributed by atoms with Gasteiger partial charge in [0.1, 0.15) is 0 Å². The molecule has 6 heteroatoms. The van der Waals surface area contributed by atoms with Crippen LogP contribution in [-0.2, 0) is 23.1 Å². The summed E-state index contributed by atoms with van der Waals surface area (Å²) >= 11 is 0. The molecule has 19 heavy (non-hydrogen) atoms. The fraction of sp³-hybridized carbons (Fsp3) is 0.615. The first-order valence-electron chi connectivity index (χ1n) is 6.56. The first-order valence-corrected chi connectivity index (χ1v) is 6.56. The van der Waals surface area contributed by atoms with E-state index < -0.39 is 11.9 Å². The van der Waals surface area contributed by atoms with Gasteiger partial charge in [-0.3, -0.25) is 14.3 Å². The molecule has 1 amide bonds. The van der Waals surface area contributed by atoms with E-state index in [-0.39, 0.29) is 11.9 Å². The Hall–Kier alpha value is -1.85. The maximum Gasteiger partial charge on any atom is 0.308 e. The highest BCUT2D eigenvalue weighted by molar-refractivity contribution is 5.78. The number of hydrogen-bond acceptors (Lipinski definition) is 3. The van der Waals surface area contributed by atoms with Crippen molar-refractivity contribution in [2.75, 3.05) is 0 Å². The van der Waals surface area contributed by atoms with E-state index >= 15 is 0 Å². The minimum absolute atomic E-state index is 0.0815. The van der Waals surface area contributed by atoms with Crippen molar-refractivity contribution in [3.63, 3.8) is 0 Å². The van der Waals surface area contributed by atoms with Crippen molar-refractivity contribution < 1.29 is 14.7 Å². The monoisotopic (exact) mass is 265 g/mol. The van der Waals surface area contributed by atoms with Gasteiger partial charge < -0.3 is 10.4 Å². The smallest absolute Gasteiger partial charge is 0.308 e. The van der Waals surface area contributed by atoms with Gasteiger partial charge in [-0.15, -0.1) is 0 Å². The summed E-state index contributed by atoms with van der Waals surface area (Å²) in [5, 5.41) is 15.9. The molecule has 1 fully saturated rings. The minimum atomic E-state index is -0.810. The summed E-state index contributed by atoms with van der Waals surface area (Å²) in [5.74, 6) is -1.32. The van der Waals surface area contributed by atoms with E-state index in [0.29, 0.717) is 19.3 Å². The number of hydrogen-bond donors (Lipinski definition) is 2. The van der Waals surface area contributed by atoms with Gasteiger partial charge in [-0.2, -0.15) is 5.10 Å². The second-order valence-electron chi connectivity index (χ2n) is 5.07. The van der Waals surface area contributed by atoms with Gasteiger partial charge in [0.05, 0.1) is 12.1 Å². The lowest BCUT2D eigenvalue weighted by Crippen LogP contribution is -2.40. The van der Waals surface area contributed by atoms with Gasteiger partial charge in [0, 0.05) is 25.7 Å². The molecular weight excluding hydrogens is 246 g/mol. The molecule has 1 saturated carbocycles. The van der Waals surface area contributed by atoms with Gasteiger partial charge in [0.2, 0.25) is 5.91 Å². The van der Waals surface area contributed by atoms with Crippen LogP contribution in [-0.4, -0.2) is 32.8 Å². The van der Waals surface area contributed by atoms with Crippen molar-refractivity contribution in [1.29, 1.82) is 0 Å².